The Bertz CT molecular complexity index is 378. The van der Waals surface area contributed by atoms with E-state index in [1.165, 1.54) is 0 Å². The first-order valence-corrected chi connectivity index (χ1v) is 5.40. The Morgan fingerprint density at radius 2 is 1.69 bits per heavy atom. The van der Waals surface area contributed by atoms with E-state index in [4.69, 9.17) is 5.73 Å². The van der Waals surface area contributed by atoms with Crippen molar-refractivity contribution in [2.24, 2.45) is 17.6 Å². The second-order valence-electron chi connectivity index (χ2n) is 4.51. The van der Waals surface area contributed by atoms with Crippen LogP contribution >= 0.6 is 0 Å². The number of rotatable bonds is 3. The monoisotopic (exact) mass is 229 g/mol. The number of nitrogens with two attached hydrogens (primary N) is 1. The van der Waals surface area contributed by atoms with Gasteiger partial charge in [0.15, 0.2) is 0 Å². The summed E-state index contributed by atoms with van der Waals surface area (Å²) in [5, 5.41) is 0. The number of halogens is 3. The van der Waals surface area contributed by atoms with Gasteiger partial charge in [-0.1, -0.05) is 6.92 Å². The minimum Gasteiger partial charge on any atom is -0.324 e. The van der Waals surface area contributed by atoms with E-state index in [-0.39, 0.29) is 11.5 Å². The second-order valence-corrected chi connectivity index (χ2v) is 4.51. The van der Waals surface area contributed by atoms with Crippen molar-refractivity contribution in [1.29, 1.82) is 0 Å². The zero-order valence-corrected chi connectivity index (χ0v) is 9.01. The van der Waals surface area contributed by atoms with Gasteiger partial charge in [0.2, 0.25) is 0 Å². The lowest BCUT2D eigenvalue weighted by atomic mass is 9.91. The van der Waals surface area contributed by atoms with Crippen molar-refractivity contribution in [2.45, 2.75) is 25.8 Å². The van der Waals surface area contributed by atoms with Crippen LogP contribution in [0.3, 0.4) is 0 Å². The van der Waals surface area contributed by atoms with Crippen LogP contribution in [-0.4, -0.2) is 0 Å². The van der Waals surface area contributed by atoms with Crippen molar-refractivity contribution in [3.8, 4) is 0 Å². The lowest BCUT2D eigenvalue weighted by molar-refractivity contribution is 0.387. The summed E-state index contributed by atoms with van der Waals surface area (Å²) in [5.41, 5.74) is 5.64. The Morgan fingerprint density at radius 1 is 1.19 bits per heavy atom. The summed E-state index contributed by atoms with van der Waals surface area (Å²) in [4.78, 5) is 0. The summed E-state index contributed by atoms with van der Waals surface area (Å²) in [6.07, 6.45) is 2.11. The molecule has 0 spiro atoms. The van der Waals surface area contributed by atoms with E-state index in [2.05, 4.69) is 0 Å². The van der Waals surface area contributed by atoms with E-state index in [0.717, 1.165) is 12.8 Å². The van der Waals surface area contributed by atoms with Gasteiger partial charge in [-0.3, -0.25) is 0 Å². The van der Waals surface area contributed by atoms with Crippen LogP contribution in [0.2, 0.25) is 0 Å². The lowest BCUT2D eigenvalue weighted by Gasteiger charge is -2.20. The summed E-state index contributed by atoms with van der Waals surface area (Å²) in [6.45, 7) is 1.88. The van der Waals surface area contributed by atoms with Gasteiger partial charge < -0.3 is 5.73 Å². The summed E-state index contributed by atoms with van der Waals surface area (Å²) < 4.78 is 39.6. The lowest BCUT2D eigenvalue weighted by Crippen LogP contribution is -2.23. The molecule has 88 valence electrons. The van der Waals surface area contributed by atoms with Gasteiger partial charge in [-0.25, -0.2) is 13.2 Å². The van der Waals surface area contributed by atoms with Gasteiger partial charge in [-0.2, -0.15) is 0 Å². The zero-order chi connectivity index (χ0) is 11.9. The predicted molar refractivity (Wildman–Crippen MR) is 55.1 cm³/mol. The Labute approximate surface area is 92.5 Å². The molecule has 0 radical (unpaired) electrons. The first-order chi connectivity index (χ1) is 7.50. The molecule has 0 heterocycles. The Kier molecular flexibility index (Phi) is 2.93. The Morgan fingerprint density at radius 3 is 2.12 bits per heavy atom. The quantitative estimate of drug-likeness (QED) is 0.846. The van der Waals surface area contributed by atoms with Crippen molar-refractivity contribution in [1.82, 2.24) is 0 Å². The molecule has 1 nitrogen and oxygen atoms in total. The van der Waals surface area contributed by atoms with E-state index >= 15 is 0 Å². The van der Waals surface area contributed by atoms with Crippen LogP contribution in [0.15, 0.2) is 12.1 Å². The fourth-order valence-corrected chi connectivity index (χ4v) is 2.05. The minimum absolute atomic E-state index is 0.0226. The van der Waals surface area contributed by atoms with Crippen LogP contribution in [0.1, 0.15) is 31.4 Å². The molecule has 0 aromatic heterocycles. The average molecular weight is 229 g/mol. The first-order valence-electron chi connectivity index (χ1n) is 5.40. The van der Waals surface area contributed by atoms with Crippen LogP contribution < -0.4 is 5.73 Å². The van der Waals surface area contributed by atoms with Crippen molar-refractivity contribution in [2.75, 3.05) is 0 Å². The second kappa shape index (κ2) is 4.09. The molecule has 1 fully saturated rings. The number of hydrogen-bond acceptors (Lipinski definition) is 1. The summed E-state index contributed by atoms with van der Waals surface area (Å²) in [5.74, 6) is -2.23. The molecule has 2 N–H and O–H groups in total. The van der Waals surface area contributed by atoms with Gasteiger partial charge in [0.05, 0.1) is 0 Å². The molecular weight excluding hydrogens is 215 g/mol. The number of benzene rings is 1. The highest BCUT2D eigenvalue weighted by Gasteiger charge is 2.34. The molecule has 2 rings (SSSR count). The summed E-state index contributed by atoms with van der Waals surface area (Å²) in [6, 6.07) is 0.656. The molecule has 1 aliphatic carbocycles. The third kappa shape index (κ3) is 2.07. The number of hydrogen-bond donors (Lipinski definition) is 1. The fourth-order valence-electron chi connectivity index (χ4n) is 2.05. The zero-order valence-electron chi connectivity index (χ0n) is 9.01. The molecule has 2 atom stereocenters. The predicted octanol–water partition coefficient (Wildman–Crippen LogP) is 3.15. The summed E-state index contributed by atoms with van der Waals surface area (Å²) >= 11 is 0. The van der Waals surface area contributed by atoms with Crippen LogP contribution in [0.25, 0.3) is 0 Å². The van der Waals surface area contributed by atoms with E-state index < -0.39 is 23.5 Å². The van der Waals surface area contributed by atoms with E-state index in [9.17, 15) is 13.2 Å². The van der Waals surface area contributed by atoms with E-state index in [1.807, 2.05) is 6.92 Å². The van der Waals surface area contributed by atoms with Gasteiger partial charge in [0.25, 0.3) is 0 Å². The molecule has 16 heavy (non-hydrogen) atoms. The van der Waals surface area contributed by atoms with Gasteiger partial charge in [-0.15, -0.1) is 0 Å². The fraction of sp³-hybridized carbons (Fsp3) is 0.500. The normalized spacial score (nSPS) is 19.6. The molecule has 1 aromatic rings. The van der Waals surface area contributed by atoms with E-state index in [1.54, 1.807) is 0 Å². The summed E-state index contributed by atoms with van der Waals surface area (Å²) in [7, 11) is 0. The Hall–Kier alpha value is -1.03. The smallest absolute Gasteiger partial charge is 0.133 e. The van der Waals surface area contributed by atoms with Crippen molar-refractivity contribution in [3.05, 3.63) is 35.1 Å². The minimum atomic E-state index is -0.912. The molecule has 0 amide bonds. The maximum atomic E-state index is 13.4. The third-order valence-corrected chi connectivity index (χ3v) is 3.31. The highest BCUT2D eigenvalue weighted by molar-refractivity contribution is 5.25. The van der Waals surface area contributed by atoms with Crippen LogP contribution in [0, 0.1) is 29.3 Å². The Balaban J connectivity index is 2.31. The molecule has 0 saturated heterocycles. The SMILES string of the molecule is CC(C1CC1)C(N)c1c(F)cc(F)cc1F. The van der Waals surface area contributed by atoms with Gasteiger partial charge in [-0.05, 0) is 24.7 Å². The molecule has 0 aliphatic heterocycles. The van der Waals surface area contributed by atoms with Gasteiger partial charge in [0.1, 0.15) is 17.5 Å². The molecule has 2 unspecified atom stereocenters. The maximum absolute atomic E-state index is 13.4. The van der Waals surface area contributed by atoms with Crippen molar-refractivity contribution >= 4 is 0 Å². The largest absolute Gasteiger partial charge is 0.324 e. The van der Waals surface area contributed by atoms with Gasteiger partial charge >= 0.3 is 0 Å². The highest BCUT2D eigenvalue weighted by Crippen LogP contribution is 2.42. The maximum Gasteiger partial charge on any atom is 0.133 e. The van der Waals surface area contributed by atoms with E-state index in [0.29, 0.717) is 18.1 Å². The molecular formula is C12H14F3N. The van der Waals surface area contributed by atoms with Crippen molar-refractivity contribution < 1.29 is 13.2 Å². The topological polar surface area (TPSA) is 26.0 Å². The molecule has 0 bridgehead atoms. The first kappa shape index (κ1) is 11.5. The molecule has 1 aliphatic rings. The van der Waals surface area contributed by atoms with Crippen molar-refractivity contribution in [3.63, 3.8) is 0 Å². The molecule has 1 saturated carbocycles. The van der Waals surface area contributed by atoms with Crippen LogP contribution in [0.5, 0.6) is 0 Å². The standard InChI is InChI=1S/C12H14F3N/c1-6(7-2-3-7)12(16)11-9(14)4-8(13)5-10(11)15/h4-7,12H,2-3,16H2,1H3. The van der Waals surface area contributed by atoms with Crippen LogP contribution in [-0.2, 0) is 0 Å². The third-order valence-electron chi connectivity index (χ3n) is 3.31. The highest BCUT2D eigenvalue weighted by atomic mass is 19.1. The molecule has 4 heteroatoms. The van der Waals surface area contributed by atoms with Crippen LogP contribution in [0.4, 0.5) is 13.2 Å². The average Bonchev–Trinajstić information content (AvgIpc) is 2.97. The molecule has 1 aromatic carbocycles. The van der Waals surface area contributed by atoms with Gasteiger partial charge in [0, 0.05) is 23.7 Å².